The molecule has 2 aliphatic rings. The Morgan fingerprint density at radius 3 is 3.10 bits per heavy atom. The first kappa shape index (κ1) is 19.5. The topological polar surface area (TPSA) is 76.5 Å². The zero-order chi connectivity index (χ0) is 20.7. The van der Waals surface area contributed by atoms with Crippen LogP contribution in [-0.4, -0.2) is 35.0 Å². The monoisotopic (exact) mass is 438 g/mol. The van der Waals surface area contributed by atoms with Gasteiger partial charge in [-0.3, -0.25) is 9.79 Å². The van der Waals surface area contributed by atoms with Crippen molar-refractivity contribution in [1.82, 2.24) is 9.97 Å². The molecule has 1 aliphatic carbocycles. The summed E-state index contributed by atoms with van der Waals surface area (Å²) in [4.78, 5) is 29.1. The first-order chi connectivity index (χ1) is 14.7. The molecule has 3 heterocycles. The Bertz CT molecular complexity index is 1170. The summed E-state index contributed by atoms with van der Waals surface area (Å²) in [6, 6.07) is 4.36. The summed E-state index contributed by atoms with van der Waals surface area (Å²) in [6.07, 6.45) is 8.00. The van der Waals surface area contributed by atoms with E-state index in [0.29, 0.717) is 6.61 Å². The van der Waals surface area contributed by atoms with Gasteiger partial charge in [0.25, 0.3) is 0 Å². The molecule has 0 fully saturated rings. The van der Waals surface area contributed by atoms with Crippen LogP contribution in [0.5, 0.6) is 0 Å². The number of benzene rings is 1. The SMILES string of the molecule is CCOC(=O)[C@H]1CCc2c(sc3ncnc(Nc4cc5c(cc4SC)CN=C5)c23)C1. The third-order valence-electron chi connectivity index (χ3n) is 5.67. The summed E-state index contributed by atoms with van der Waals surface area (Å²) < 4.78 is 5.25. The number of nitrogens with zero attached hydrogens (tertiary/aromatic N) is 3. The maximum atomic E-state index is 12.2. The number of nitrogens with one attached hydrogen (secondary N) is 1. The van der Waals surface area contributed by atoms with Crippen LogP contribution in [0.4, 0.5) is 11.5 Å². The van der Waals surface area contributed by atoms with Gasteiger partial charge >= 0.3 is 5.97 Å². The first-order valence-corrected chi connectivity index (χ1v) is 12.1. The molecule has 1 atom stereocenters. The standard InChI is InChI=1S/C22H22N4O2S2/c1-3-28-22(27)12-4-5-15-17(7-12)30-21-19(15)20(24-11-25-21)26-16-6-13-9-23-10-14(13)8-18(16)29-2/h6,8-9,11-12H,3-5,7,10H2,1-2H3,(H,24,25,26)/t12-/m0/s1. The molecule has 0 bridgehead atoms. The maximum Gasteiger partial charge on any atom is 0.309 e. The number of carbonyl (C=O) groups excluding carboxylic acids is 1. The molecule has 0 unspecified atom stereocenters. The Morgan fingerprint density at radius 2 is 2.27 bits per heavy atom. The third kappa shape index (κ3) is 3.37. The van der Waals surface area contributed by atoms with Crippen molar-refractivity contribution < 1.29 is 9.53 Å². The fourth-order valence-electron chi connectivity index (χ4n) is 4.20. The quantitative estimate of drug-likeness (QED) is 0.457. The zero-order valence-electron chi connectivity index (χ0n) is 16.9. The largest absolute Gasteiger partial charge is 0.466 e. The van der Waals surface area contributed by atoms with Gasteiger partial charge < -0.3 is 10.1 Å². The van der Waals surface area contributed by atoms with E-state index >= 15 is 0 Å². The number of ether oxygens (including phenoxy) is 1. The van der Waals surface area contributed by atoms with Crippen LogP contribution >= 0.6 is 23.1 Å². The van der Waals surface area contributed by atoms with Crippen molar-refractivity contribution in [3.05, 3.63) is 40.0 Å². The van der Waals surface area contributed by atoms with Crippen molar-refractivity contribution in [3.8, 4) is 0 Å². The second kappa shape index (κ2) is 8.00. The number of carbonyl (C=O) groups is 1. The van der Waals surface area contributed by atoms with E-state index in [2.05, 4.69) is 38.7 Å². The van der Waals surface area contributed by atoms with E-state index in [1.807, 2.05) is 13.1 Å². The van der Waals surface area contributed by atoms with Gasteiger partial charge in [0.2, 0.25) is 0 Å². The van der Waals surface area contributed by atoms with E-state index in [0.717, 1.165) is 53.1 Å². The normalized spacial score (nSPS) is 17.1. The Balaban J connectivity index is 1.52. The number of esters is 1. The molecule has 1 aromatic carbocycles. The number of aryl methyl sites for hydroxylation is 1. The Labute approximate surface area is 183 Å². The number of hydrogen-bond acceptors (Lipinski definition) is 8. The average molecular weight is 439 g/mol. The van der Waals surface area contributed by atoms with Crippen LogP contribution in [0.3, 0.4) is 0 Å². The van der Waals surface area contributed by atoms with Crippen LogP contribution in [-0.2, 0) is 28.9 Å². The molecule has 0 saturated heterocycles. The highest BCUT2D eigenvalue weighted by molar-refractivity contribution is 7.98. The second-order valence-corrected chi connectivity index (χ2v) is 9.38. The van der Waals surface area contributed by atoms with Gasteiger partial charge in [-0.1, -0.05) is 0 Å². The van der Waals surface area contributed by atoms with Gasteiger partial charge in [-0.05, 0) is 61.3 Å². The smallest absolute Gasteiger partial charge is 0.309 e. The van der Waals surface area contributed by atoms with Crippen molar-refractivity contribution >= 4 is 57.0 Å². The summed E-state index contributed by atoms with van der Waals surface area (Å²) >= 11 is 3.38. The Hall–Kier alpha value is -2.45. The number of aliphatic imine (C=N–C) groups is 1. The van der Waals surface area contributed by atoms with Gasteiger partial charge in [-0.2, -0.15) is 0 Å². The fraction of sp³-hybridized carbons (Fsp3) is 0.364. The Kier molecular flexibility index (Phi) is 5.20. The van der Waals surface area contributed by atoms with Crippen LogP contribution in [0.15, 0.2) is 28.3 Å². The average Bonchev–Trinajstić information content (AvgIpc) is 3.36. The molecular weight excluding hydrogens is 416 g/mol. The first-order valence-electron chi connectivity index (χ1n) is 10.1. The summed E-state index contributed by atoms with van der Waals surface area (Å²) in [5, 5.41) is 4.65. The molecule has 3 aromatic rings. The molecule has 0 radical (unpaired) electrons. The number of thioether (sulfide) groups is 1. The summed E-state index contributed by atoms with van der Waals surface area (Å²) in [5.41, 5.74) is 4.72. The lowest BCUT2D eigenvalue weighted by molar-refractivity contribution is -0.148. The van der Waals surface area contributed by atoms with E-state index in [1.165, 1.54) is 20.9 Å². The molecule has 30 heavy (non-hydrogen) atoms. The number of aromatic nitrogens is 2. The van der Waals surface area contributed by atoms with E-state index in [9.17, 15) is 4.79 Å². The van der Waals surface area contributed by atoms with Crippen molar-refractivity contribution in [1.29, 1.82) is 0 Å². The van der Waals surface area contributed by atoms with Crippen LogP contribution in [0.2, 0.25) is 0 Å². The molecule has 1 N–H and O–H groups in total. The molecule has 1 aliphatic heterocycles. The third-order valence-corrected chi connectivity index (χ3v) is 7.61. The lowest BCUT2D eigenvalue weighted by atomic mass is 9.88. The number of fused-ring (bicyclic) bond motifs is 4. The van der Waals surface area contributed by atoms with Gasteiger partial charge in [0, 0.05) is 16.0 Å². The molecule has 154 valence electrons. The summed E-state index contributed by atoms with van der Waals surface area (Å²) in [5.74, 6) is 0.681. The minimum Gasteiger partial charge on any atom is -0.466 e. The lowest BCUT2D eigenvalue weighted by Crippen LogP contribution is -2.23. The van der Waals surface area contributed by atoms with E-state index in [-0.39, 0.29) is 11.9 Å². The Morgan fingerprint density at radius 1 is 1.37 bits per heavy atom. The van der Waals surface area contributed by atoms with Gasteiger partial charge in [0.05, 0.1) is 30.1 Å². The van der Waals surface area contributed by atoms with Crippen molar-refractivity contribution in [2.45, 2.75) is 37.6 Å². The second-order valence-electron chi connectivity index (χ2n) is 7.44. The summed E-state index contributed by atoms with van der Waals surface area (Å²) in [6.45, 7) is 3.03. The minimum atomic E-state index is -0.0885. The van der Waals surface area contributed by atoms with Gasteiger partial charge in [-0.25, -0.2) is 9.97 Å². The molecule has 5 rings (SSSR count). The molecule has 0 amide bonds. The molecule has 0 saturated carbocycles. The van der Waals surface area contributed by atoms with E-state index in [4.69, 9.17) is 4.74 Å². The highest BCUT2D eigenvalue weighted by Crippen LogP contribution is 2.41. The fourth-order valence-corrected chi connectivity index (χ4v) is 6.06. The van der Waals surface area contributed by atoms with Gasteiger partial charge in [0.1, 0.15) is 17.0 Å². The van der Waals surface area contributed by atoms with Crippen LogP contribution in [0.25, 0.3) is 10.2 Å². The molecule has 0 spiro atoms. The number of anilines is 2. The molecular formula is C22H22N4O2S2. The number of rotatable bonds is 5. The zero-order valence-corrected chi connectivity index (χ0v) is 18.5. The van der Waals surface area contributed by atoms with Crippen LogP contribution in [0.1, 0.15) is 34.9 Å². The minimum absolute atomic E-state index is 0.0611. The van der Waals surface area contributed by atoms with Crippen molar-refractivity contribution in [2.24, 2.45) is 10.9 Å². The van der Waals surface area contributed by atoms with E-state index < -0.39 is 0 Å². The van der Waals surface area contributed by atoms with Gasteiger partial charge in [-0.15, -0.1) is 23.1 Å². The maximum absolute atomic E-state index is 12.2. The predicted molar refractivity (Wildman–Crippen MR) is 122 cm³/mol. The van der Waals surface area contributed by atoms with Crippen molar-refractivity contribution in [2.75, 3.05) is 18.2 Å². The molecule has 8 heteroatoms. The number of thiophene rings is 1. The lowest BCUT2D eigenvalue weighted by Gasteiger charge is -2.21. The van der Waals surface area contributed by atoms with Crippen LogP contribution in [0, 0.1) is 5.92 Å². The predicted octanol–water partition coefficient (Wildman–Crippen LogP) is 4.76. The van der Waals surface area contributed by atoms with Gasteiger partial charge in [0.15, 0.2) is 0 Å². The molecule has 2 aromatic heterocycles. The van der Waals surface area contributed by atoms with Crippen molar-refractivity contribution in [3.63, 3.8) is 0 Å². The van der Waals surface area contributed by atoms with E-state index in [1.54, 1.807) is 29.4 Å². The highest BCUT2D eigenvalue weighted by Gasteiger charge is 2.30. The number of hydrogen-bond donors (Lipinski definition) is 1. The molecule has 6 nitrogen and oxygen atoms in total. The highest BCUT2D eigenvalue weighted by atomic mass is 32.2. The summed E-state index contributed by atoms with van der Waals surface area (Å²) in [7, 11) is 0. The van der Waals surface area contributed by atoms with Crippen LogP contribution < -0.4 is 5.32 Å².